The summed E-state index contributed by atoms with van der Waals surface area (Å²) in [4.78, 5) is 11.8. The molecule has 0 fully saturated rings. The van der Waals surface area contributed by atoms with Crippen molar-refractivity contribution in [1.29, 1.82) is 0 Å². The van der Waals surface area contributed by atoms with E-state index in [0.717, 1.165) is 19.3 Å². The number of rotatable bonds is 8. The zero-order chi connectivity index (χ0) is 15.8. The Balaban J connectivity index is 2.54. The first-order chi connectivity index (χ1) is 9.95. The maximum absolute atomic E-state index is 13.9. The number of nitrogens with one attached hydrogen (secondary N) is 1. The van der Waals surface area contributed by atoms with Crippen molar-refractivity contribution in [3.05, 3.63) is 29.6 Å². The molecule has 0 bridgehead atoms. The molecule has 1 rings (SSSR count). The van der Waals surface area contributed by atoms with E-state index in [-0.39, 0.29) is 17.7 Å². The van der Waals surface area contributed by atoms with Crippen molar-refractivity contribution in [1.82, 2.24) is 5.32 Å². The van der Waals surface area contributed by atoms with Crippen LogP contribution in [0.5, 0.6) is 5.75 Å². The number of benzene rings is 1. The Morgan fingerprint density at radius 3 is 2.67 bits per heavy atom. The van der Waals surface area contributed by atoms with Gasteiger partial charge in [0.25, 0.3) is 5.91 Å². The SMILES string of the molecule is CCCCCNC(=O)C(C)Oc1ccc(C(C)N)cc1F. The lowest BCUT2D eigenvalue weighted by atomic mass is 10.1. The van der Waals surface area contributed by atoms with Crippen molar-refractivity contribution in [2.75, 3.05) is 6.54 Å². The van der Waals surface area contributed by atoms with E-state index in [0.29, 0.717) is 12.1 Å². The highest BCUT2D eigenvalue weighted by Crippen LogP contribution is 2.22. The molecule has 2 unspecified atom stereocenters. The summed E-state index contributed by atoms with van der Waals surface area (Å²) in [6.07, 6.45) is 2.37. The molecule has 0 aliphatic heterocycles. The monoisotopic (exact) mass is 296 g/mol. The molecule has 0 aliphatic rings. The number of carbonyl (C=O) groups excluding carboxylic acids is 1. The Bertz CT molecular complexity index is 464. The molecule has 21 heavy (non-hydrogen) atoms. The molecule has 0 saturated carbocycles. The van der Waals surface area contributed by atoms with Gasteiger partial charge in [0.2, 0.25) is 0 Å². The third-order valence-corrected chi connectivity index (χ3v) is 3.23. The normalized spacial score (nSPS) is 13.6. The third-order valence-electron chi connectivity index (χ3n) is 3.23. The number of hydrogen-bond acceptors (Lipinski definition) is 3. The summed E-state index contributed by atoms with van der Waals surface area (Å²) in [7, 11) is 0. The molecule has 0 heterocycles. The Kier molecular flexibility index (Phi) is 7.15. The van der Waals surface area contributed by atoms with Crippen LogP contribution >= 0.6 is 0 Å². The van der Waals surface area contributed by atoms with E-state index < -0.39 is 11.9 Å². The number of carbonyl (C=O) groups is 1. The van der Waals surface area contributed by atoms with Crippen LogP contribution in [0.25, 0.3) is 0 Å². The lowest BCUT2D eigenvalue weighted by Crippen LogP contribution is -2.37. The first-order valence-electron chi connectivity index (χ1n) is 7.45. The number of nitrogens with two attached hydrogens (primary N) is 1. The zero-order valence-corrected chi connectivity index (χ0v) is 13.0. The smallest absolute Gasteiger partial charge is 0.260 e. The van der Waals surface area contributed by atoms with E-state index in [1.165, 1.54) is 12.1 Å². The Morgan fingerprint density at radius 1 is 1.38 bits per heavy atom. The minimum Gasteiger partial charge on any atom is -0.478 e. The Hall–Kier alpha value is -1.62. The standard InChI is InChI=1S/C16H25FN2O2/c1-4-5-6-9-19-16(20)12(3)21-15-8-7-13(11(2)18)10-14(15)17/h7-8,10-12H,4-6,9,18H2,1-3H3,(H,19,20). The second-order valence-corrected chi connectivity index (χ2v) is 5.24. The summed E-state index contributed by atoms with van der Waals surface area (Å²) >= 11 is 0. The van der Waals surface area contributed by atoms with Crippen molar-refractivity contribution in [2.24, 2.45) is 5.73 Å². The van der Waals surface area contributed by atoms with Crippen LogP contribution in [-0.2, 0) is 4.79 Å². The first-order valence-corrected chi connectivity index (χ1v) is 7.45. The quantitative estimate of drug-likeness (QED) is 0.725. The lowest BCUT2D eigenvalue weighted by molar-refractivity contribution is -0.127. The molecule has 3 N–H and O–H groups in total. The van der Waals surface area contributed by atoms with Gasteiger partial charge in [0, 0.05) is 12.6 Å². The summed E-state index contributed by atoms with van der Waals surface area (Å²) < 4.78 is 19.2. The molecule has 0 spiro atoms. The van der Waals surface area contributed by atoms with E-state index in [1.807, 2.05) is 0 Å². The van der Waals surface area contributed by atoms with Gasteiger partial charge in [-0.15, -0.1) is 0 Å². The van der Waals surface area contributed by atoms with Crippen LogP contribution in [0.2, 0.25) is 0 Å². The van der Waals surface area contributed by atoms with Crippen LogP contribution in [0.1, 0.15) is 51.6 Å². The second kappa shape index (κ2) is 8.62. The van der Waals surface area contributed by atoms with Crippen LogP contribution in [0.4, 0.5) is 4.39 Å². The van der Waals surface area contributed by atoms with Crippen LogP contribution in [0, 0.1) is 5.82 Å². The van der Waals surface area contributed by atoms with Gasteiger partial charge >= 0.3 is 0 Å². The van der Waals surface area contributed by atoms with Crippen molar-refractivity contribution in [3.63, 3.8) is 0 Å². The van der Waals surface area contributed by atoms with Gasteiger partial charge in [0.1, 0.15) is 0 Å². The molecule has 0 aromatic heterocycles. The van der Waals surface area contributed by atoms with Crippen molar-refractivity contribution >= 4 is 5.91 Å². The third kappa shape index (κ3) is 5.71. The van der Waals surface area contributed by atoms with E-state index in [1.54, 1.807) is 19.9 Å². The number of unbranched alkanes of at least 4 members (excludes halogenated alkanes) is 2. The van der Waals surface area contributed by atoms with Gasteiger partial charge in [-0.2, -0.15) is 0 Å². The van der Waals surface area contributed by atoms with E-state index in [9.17, 15) is 9.18 Å². The largest absolute Gasteiger partial charge is 0.478 e. The fourth-order valence-corrected chi connectivity index (χ4v) is 1.87. The number of ether oxygens (including phenoxy) is 1. The minimum atomic E-state index is -0.734. The number of hydrogen-bond donors (Lipinski definition) is 2. The Morgan fingerprint density at radius 2 is 2.10 bits per heavy atom. The average Bonchev–Trinajstić information content (AvgIpc) is 2.45. The molecule has 118 valence electrons. The molecular weight excluding hydrogens is 271 g/mol. The van der Waals surface area contributed by atoms with Crippen molar-refractivity contribution in [2.45, 2.75) is 52.2 Å². The van der Waals surface area contributed by atoms with Crippen molar-refractivity contribution in [3.8, 4) is 5.75 Å². The van der Waals surface area contributed by atoms with Crippen LogP contribution in [-0.4, -0.2) is 18.6 Å². The molecule has 1 aromatic carbocycles. The predicted molar refractivity (Wildman–Crippen MR) is 81.6 cm³/mol. The van der Waals surface area contributed by atoms with Crippen LogP contribution in [0.3, 0.4) is 0 Å². The topological polar surface area (TPSA) is 64.3 Å². The van der Waals surface area contributed by atoms with Gasteiger partial charge in [-0.05, 0) is 38.0 Å². The number of halogens is 1. The minimum absolute atomic E-state index is 0.0654. The van der Waals surface area contributed by atoms with Gasteiger partial charge < -0.3 is 15.8 Å². The fourth-order valence-electron chi connectivity index (χ4n) is 1.87. The molecule has 0 saturated heterocycles. The van der Waals surface area contributed by atoms with Gasteiger partial charge in [-0.1, -0.05) is 25.8 Å². The van der Waals surface area contributed by atoms with Crippen LogP contribution < -0.4 is 15.8 Å². The second-order valence-electron chi connectivity index (χ2n) is 5.24. The summed E-state index contributed by atoms with van der Waals surface area (Å²) in [6.45, 7) is 6.10. The summed E-state index contributed by atoms with van der Waals surface area (Å²) in [5, 5.41) is 2.78. The van der Waals surface area contributed by atoms with E-state index in [4.69, 9.17) is 10.5 Å². The molecule has 0 aliphatic carbocycles. The van der Waals surface area contributed by atoms with Gasteiger partial charge in [-0.3, -0.25) is 4.79 Å². The molecular formula is C16H25FN2O2. The molecule has 4 nitrogen and oxygen atoms in total. The van der Waals surface area contributed by atoms with Crippen LogP contribution in [0.15, 0.2) is 18.2 Å². The first kappa shape index (κ1) is 17.4. The van der Waals surface area contributed by atoms with Crippen molar-refractivity contribution < 1.29 is 13.9 Å². The summed E-state index contributed by atoms with van der Waals surface area (Å²) in [5.41, 5.74) is 6.38. The zero-order valence-electron chi connectivity index (χ0n) is 13.0. The summed E-state index contributed by atoms with van der Waals surface area (Å²) in [5.74, 6) is -0.673. The fraction of sp³-hybridized carbons (Fsp3) is 0.562. The molecule has 0 radical (unpaired) electrons. The van der Waals surface area contributed by atoms with Gasteiger partial charge in [-0.25, -0.2) is 4.39 Å². The van der Waals surface area contributed by atoms with Gasteiger partial charge in [0.15, 0.2) is 17.7 Å². The molecule has 1 aromatic rings. The van der Waals surface area contributed by atoms with E-state index >= 15 is 0 Å². The Labute approximate surface area is 125 Å². The molecule has 1 amide bonds. The molecule has 2 atom stereocenters. The summed E-state index contributed by atoms with van der Waals surface area (Å²) in [6, 6.07) is 4.31. The lowest BCUT2D eigenvalue weighted by Gasteiger charge is -2.16. The predicted octanol–water partition coefficient (Wildman–Crippen LogP) is 2.92. The van der Waals surface area contributed by atoms with Gasteiger partial charge in [0.05, 0.1) is 0 Å². The maximum Gasteiger partial charge on any atom is 0.260 e. The number of amides is 1. The maximum atomic E-state index is 13.9. The highest BCUT2D eigenvalue weighted by atomic mass is 19.1. The highest BCUT2D eigenvalue weighted by Gasteiger charge is 2.16. The molecule has 5 heteroatoms. The highest BCUT2D eigenvalue weighted by molar-refractivity contribution is 5.80. The van der Waals surface area contributed by atoms with E-state index in [2.05, 4.69) is 12.2 Å². The average molecular weight is 296 g/mol.